The minimum absolute atomic E-state index is 0.0485. The van der Waals surface area contributed by atoms with E-state index in [9.17, 15) is 22.8 Å². The van der Waals surface area contributed by atoms with Gasteiger partial charge in [0.05, 0.1) is 12.1 Å². The molecule has 5 nitrogen and oxygen atoms in total. The van der Waals surface area contributed by atoms with Crippen molar-refractivity contribution >= 4 is 12.0 Å². The Morgan fingerprint density at radius 1 is 1.12 bits per heavy atom. The van der Waals surface area contributed by atoms with E-state index in [4.69, 9.17) is 4.74 Å². The van der Waals surface area contributed by atoms with Gasteiger partial charge in [0, 0.05) is 18.5 Å². The number of benzene rings is 2. The normalized spacial score (nSPS) is 19.1. The van der Waals surface area contributed by atoms with Gasteiger partial charge in [-0.2, -0.15) is 0 Å². The maximum atomic E-state index is 14.8. The summed E-state index contributed by atoms with van der Waals surface area (Å²) in [4.78, 5) is 26.6. The van der Waals surface area contributed by atoms with Gasteiger partial charge in [-0.15, -0.1) is 0 Å². The zero-order valence-electron chi connectivity index (χ0n) is 18.3. The van der Waals surface area contributed by atoms with Crippen molar-refractivity contribution in [3.05, 3.63) is 71.0 Å². The third-order valence-corrected chi connectivity index (χ3v) is 5.27. The van der Waals surface area contributed by atoms with Crippen LogP contribution in [0.25, 0.3) is 0 Å². The maximum absolute atomic E-state index is 14.8. The van der Waals surface area contributed by atoms with Crippen LogP contribution in [-0.4, -0.2) is 35.1 Å². The first-order valence-electron chi connectivity index (χ1n) is 10.5. The molecule has 0 spiro atoms. The molecule has 2 atom stereocenters. The average Bonchev–Trinajstić information content (AvgIpc) is 2.70. The summed E-state index contributed by atoms with van der Waals surface area (Å²) in [7, 11) is 0. The van der Waals surface area contributed by atoms with E-state index in [2.05, 4.69) is 5.32 Å². The van der Waals surface area contributed by atoms with Crippen LogP contribution < -0.4 is 5.32 Å². The molecule has 1 heterocycles. The molecule has 2 aromatic carbocycles. The van der Waals surface area contributed by atoms with Crippen LogP contribution in [0, 0.1) is 17.5 Å². The summed E-state index contributed by atoms with van der Waals surface area (Å²) in [6.45, 7) is 5.21. The average molecular weight is 448 g/mol. The van der Waals surface area contributed by atoms with E-state index in [0.29, 0.717) is 5.56 Å². The minimum atomic E-state index is -0.966. The number of carbonyl (C=O) groups excluding carboxylic acids is 2. The molecule has 0 aromatic heterocycles. The van der Waals surface area contributed by atoms with Gasteiger partial charge >= 0.3 is 6.09 Å². The first-order chi connectivity index (χ1) is 15.0. The van der Waals surface area contributed by atoms with Gasteiger partial charge in [0.2, 0.25) is 5.91 Å². The summed E-state index contributed by atoms with van der Waals surface area (Å²) < 4.78 is 48.2. The quantitative estimate of drug-likeness (QED) is 0.708. The van der Waals surface area contributed by atoms with E-state index in [1.807, 2.05) is 0 Å². The number of alkyl carbamates (subject to hydrolysis) is 1. The van der Waals surface area contributed by atoms with Gasteiger partial charge < -0.3 is 15.0 Å². The summed E-state index contributed by atoms with van der Waals surface area (Å²) >= 11 is 0. The third kappa shape index (κ3) is 5.81. The Balaban J connectivity index is 1.92. The zero-order valence-corrected chi connectivity index (χ0v) is 18.3. The van der Waals surface area contributed by atoms with E-state index < -0.39 is 41.2 Å². The summed E-state index contributed by atoms with van der Waals surface area (Å²) in [6, 6.07) is 7.52. The molecule has 0 radical (unpaired) electrons. The number of nitrogens with zero attached hydrogens (tertiary/aromatic N) is 1. The lowest BCUT2D eigenvalue weighted by Gasteiger charge is -2.42. The summed E-state index contributed by atoms with van der Waals surface area (Å²) in [5.41, 5.74) is -0.396. The summed E-state index contributed by atoms with van der Waals surface area (Å²) in [5.74, 6) is -2.05. The van der Waals surface area contributed by atoms with Gasteiger partial charge in [0.1, 0.15) is 23.1 Å². The SMILES string of the molecule is CC(C)(C)OC(=O)N[C@@H]1CCC(=O)N(CCc2ccccc2F)[C@H]1c1cc(F)ccc1F. The monoisotopic (exact) mass is 448 g/mol. The molecule has 0 unspecified atom stereocenters. The van der Waals surface area contributed by atoms with E-state index in [1.54, 1.807) is 39.0 Å². The van der Waals surface area contributed by atoms with Gasteiger partial charge in [-0.25, -0.2) is 18.0 Å². The number of ether oxygens (including phenoxy) is 1. The number of likely N-dealkylation sites (tertiary alicyclic amines) is 1. The summed E-state index contributed by atoms with van der Waals surface area (Å²) in [6.07, 6.45) is -0.196. The molecule has 172 valence electrons. The van der Waals surface area contributed by atoms with Gasteiger partial charge in [-0.05, 0) is 63.4 Å². The molecule has 32 heavy (non-hydrogen) atoms. The van der Waals surface area contributed by atoms with Crippen molar-refractivity contribution in [2.45, 2.75) is 57.7 Å². The van der Waals surface area contributed by atoms with Crippen molar-refractivity contribution in [2.24, 2.45) is 0 Å². The number of rotatable bonds is 5. The van der Waals surface area contributed by atoms with Crippen LogP contribution in [0.2, 0.25) is 0 Å². The molecule has 2 aromatic rings. The van der Waals surface area contributed by atoms with E-state index >= 15 is 0 Å². The fourth-order valence-electron chi connectivity index (χ4n) is 3.89. The molecule has 0 aliphatic carbocycles. The highest BCUT2D eigenvalue weighted by Gasteiger charge is 2.39. The largest absolute Gasteiger partial charge is 0.444 e. The zero-order chi connectivity index (χ0) is 23.5. The van der Waals surface area contributed by atoms with E-state index in [1.165, 1.54) is 11.0 Å². The van der Waals surface area contributed by atoms with Crippen LogP contribution in [0.15, 0.2) is 42.5 Å². The highest BCUT2D eigenvalue weighted by atomic mass is 19.1. The fraction of sp³-hybridized carbons (Fsp3) is 0.417. The number of piperidine rings is 1. The Bertz CT molecular complexity index is 991. The van der Waals surface area contributed by atoms with Gasteiger partial charge in [0.25, 0.3) is 0 Å². The Morgan fingerprint density at radius 3 is 2.53 bits per heavy atom. The predicted molar refractivity (Wildman–Crippen MR) is 113 cm³/mol. The van der Waals surface area contributed by atoms with E-state index in [-0.39, 0.29) is 37.3 Å². The van der Waals surface area contributed by atoms with Crippen molar-refractivity contribution in [2.75, 3.05) is 6.54 Å². The predicted octanol–water partition coefficient (Wildman–Crippen LogP) is 4.90. The van der Waals surface area contributed by atoms with Crippen LogP contribution in [0.3, 0.4) is 0 Å². The maximum Gasteiger partial charge on any atom is 0.407 e. The van der Waals surface area contributed by atoms with Gasteiger partial charge in [-0.1, -0.05) is 18.2 Å². The number of carbonyl (C=O) groups is 2. The van der Waals surface area contributed by atoms with Crippen LogP contribution >= 0.6 is 0 Å². The second-order valence-corrected chi connectivity index (χ2v) is 8.83. The lowest BCUT2D eigenvalue weighted by atomic mass is 9.89. The van der Waals surface area contributed by atoms with Crippen LogP contribution in [0.1, 0.15) is 50.8 Å². The third-order valence-electron chi connectivity index (χ3n) is 5.27. The van der Waals surface area contributed by atoms with Gasteiger partial charge in [0.15, 0.2) is 0 Å². The van der Waals surface area contributed by atoms with Crippen molar-refractivity contribution in [3.63, 3.8) is 0 Å². The standard InChI is InChI=1S/C24H27F3N2O3/c1-24(2,3)32-23(31)28-20-10-11-21(30)29(13-12-15-6-4-5-7-18(15)26)22(20)17-14-16(25)8-9-19(17)27/h4-9,14,20,22H,10-13H2,1-3H3,(H,28,31)/t20-,22+/m1/s1. The lowest BCUT2D eigenvalue weighted by molar-refractivity contribution is -0.138. The molecule has 1 aliphatic heterocycles. The smallest absolute Gasteiger partial charge is 0.407 e. The molecule has 1 N–H and O–H groups in total. The van der Waals surface area contributed by atoms with Crippen LogP contribution in [-0.2, 0) is 16.0 Å². The number of nitrogens with one attached hydrogen (secondary N) is 1. The van der Waals surface area contributed by atoms with E-state index in [0.717, 1.165) is 18.2 Å². The first-order valence-corrected chi connectivity index (χ1v) is 10.5. The molecule has 0 saturated carbocycles. The molecular weight excluding hydrogens is 421 g/mol. The van der Waals surface area contributed by atoms with Crippen LogP contribution in [0.5, 0.6) is 0 Å². The molecule has 2 amide bonds. The van der Waals surface area contributed by atoms with Crippen molar-refractivity contribution in [3.8, 4) is 0 Å². The number of amides is 2. The van der Waals surface area contributed by atoms with Crippen molar-refractivity contribution < 1.29 is 27.5 Å². The topological polar surface area (TPSA) is 58.6 Å². The molecule has 1 aliphatic rings. The molecule has 8 heteroatoms. The second-order valence-electron chi connectivity index (χ2n) is 8.83. The summed E-state index contributed by atoms with van der Waals surface area (Å²) in [5, 5.41) is 2.71. The molecular formula is C24H27F3N2O3. The molecule has 1 fully saturated rings. The highest BCUT2D eigenvalue weighted by molar-refractivity contribution is 5.78. The first kappa shape index (κ1) is 23.6. The molecule has 1 saturated heterocycles. The van der Waals surface area contributed by atoms with Gasteiger partial charge in [-0.3, -0.25) is 4.79 Å². The van der Waals surface area contributed by atoms with Crippen LogP contribution in [0.4, 0.5) is 18.0 Å². The molecule has 3 rings (SSSR count). The Labute approximate surface area is 185 Å². The Kier molecular flexibility index (Phi) is 7.11. The minimum Gasteiger partial charge on any atom is -0.444 e. The number of halogens is 3. The fourth-order valence-corrected chi connectivity index (χ4v) is 3.89. The second kappa shape index (κ2) is 9.63. The number of hydrogen-bond acceptors (Lipinski definition) is 3. The highest BCUT2D eigenvalue weighted by Crippen LogP contribution is 2.34. The molecule has 0 bridgehead atoms. The van der Waals surface area contributed by atoms with Crippen molar-refractivity contribution in [1.29, 1.82) is 0 Å². The Morgan fingerprint density at radius 2 is 1.84 bits per heavy atom. The lowest BCUT2D eigenvalue weighted by Crippen LogP contribution is -2.53. The number of hydrogen-bond donors (Lipinski definition) is 1. The van der Waals surface area contributed by atoms with Crippen molar-refractivity contribution in [1.82, 2.24) is 10.2 Å². The Hall–Kier alpha value is -3.03.